The molecule has 0 radical (unpaired) electrons. The molecule has 1 fully saturated rings. The molecule has 1 aromatic rings. The third-order valence-electron chi connectivity index (χ3n) is 3.18. The topological polar surface area (TPSA) is 66.8 Å². The predicted molar refractivity (Wildman–Crippen MR) is 70.3 cm³/mol. The first-order chi connectivity index (χ1) is 9.08. The van der Waals surface area contributed by atoms with Crippen LogP contribution in [0.1, 0.15) is 17.5 Å². The smallest absolute Gasteiger partial charge is 0.303 e. The highest BCUT2D eigenvalue weighted by atomic mass is 16.5. The van der Waals surface area contributed by atoms with Crippen LogP contribution in [0.4, 0.5) is 5.69 Å². The summed E-state index contributed by atoms with van der Waals surface area (Å²) in [6, 6.07) is 5.74. The number of aryl methyl sites for hydroxylation is 2. The van der Waals surface area contributed by atoms with Crippen molar-refractivity contribution in [1.82, 2.24) is 0 Å². The molecule has 0 bridgehead atoms. The molecule has 2 rings (SSSR count). The third kappa shape index (κ3) is 3.32. The number of anilines is 1. The largest absolute Gasteiger partial charge is 0.481 e. The van der Waals surface area contributed by atoms with Gasteiger partial charge >= 0.3 is 5.97 Å². The normalized spacial score (nSPS) is 15.6. The Kier molecular flexibility index (Phi) is 4.16. The summed E-state index contributed by atoms with van der Waals surface area (Å²) in [7, 11) is 0. The highest BCUT2D eigenvalue weighted by Gasteiger charge is 2.21. The predicted octanol–water partition coefficient (Wildman–Crippen LogP) is 1.38. The Labute approximate surface area is 111 Å². The van der Waals surface area contributed by atoms with Crippen molar-refractivity contribution in [2.24, 2.45) is 0 Å². The number of carbonyl (C=O) groups excluding carboxylic acids is 1. The van der Waals surface area contributed by atoms with E-state index in [0.717, 1.165) is 16.8 Å². The molecule has 5 heteroatoms. The molecule has 0 aromatic heterocycles. The number of benzene rings is 1. The fraction of sp³-hybridized carbons (Fsp3) is 0.429. The molecule has 5 nitrogen and oxygen atoms in total. The summed E-state index contributed by atoms with van der Waals surface area (Å²) in [5, 5.41) is 8.71. The van der Waals surface area contributed by atoms with Crippen LogP contribution in [0, 0.1) is 6.92 Å². The van der Waals surface area contributed by atoms with E-state index in [4.69, 9.17) is 9.84 Å². The van der Waals surface area contributed by atoms with E-state index >= 15 is 0 Å². The summed E-state index contributed by atoms with van der Waals surface area (Å²) in [6.07, 6.45) is 0.570. The first-order valence-corrected chi connectivity index (χ1v) is 6.27. The van der Waals surface area contributed by atoms with Gasteiger partial charge in [0.15, 0.2) is 0 Å². The number of nitrogens with zero attached hydrogens (tertiary/aromatic N) is 1. The molecule has 1 saturated heterocycles. The van der Waals surface area contributed by atoms with Gasteiger partial charge in [0.05, 0.1) is 6.61 Å². The number of carbonyl (C=O) groups is 2. The van der Waals surface area contributed by atoms with Gasteiger partial charge in [0.25, 0.3) is 5.91 Å². The van der Waals surface area contributed by atoms with Crippen LogP contribution in [0.15, 0.2) is 18.2 Å². The maximum absolute atomic E-state index is 11.8. The van der Waals surface area contributed by atoms with E-state index in [1.54, 1.807) is 4.90 Å². The van der Waals surface area contributed by atoms with Gasteiger partial charge in [-0.05, 0) is 30.5 Å². The molecule has 1 heterocycles. The Morgan fingerprint density at radius 2 is 2.26 bits per heavy atom. The molecule has 0 saturated carbocycles. The van der Waals surface area contributed by atoms with E-state index in [9.17, 15) is 9.59 Å². The maximum atomic E-state index is 11.8. The number of rotatable bonds is 4. The first kappa shape index (κ1) is 13.5. The van der Waals surface area contributed by atoms with E-state index in [2.05, 4.69) is 0 Å². The van der Waals surface area contributed by atoms with Gasteiger partial charge in [-0.3, -0.25) is 9.59 Å². The lowest BCUT2D eigenvalue weighted by Crippen LogP contribution is -2.42. The number of aliphatic carboxylic acids is 1. The number of carboxylic acids is 1. The lowest BCUT2D eigenvalue weighted by Gasteiger charge is -2.28. The average molecular weight is 263 g/mol. The van der Waals surface area contributed by atoms with Gasteiger partial charge in [-0.25, -0.2) is 0 Å². The zero-order chi connectivity index (χ0) is 13.8. The maximum Gasteiger partial charge on any atom is 0.303 e. The molecule has 102 valence electrons. The number of morpholine rings is 1. The van der Waals surface area contributed by atoms with Crippen LogP contribution in [0.5, 0.6) is 0 Å². The molecule has 0 atom stereocenters. The quantitative estimate of drug-likeness (QED) is 0.891. The summed E-state index contributed by atoms with van der Waals surface area (Å²) in [4.78, 5) is 24.1. The van der Waals surface area contributed by atoms with E-state index in [1.807, 2.05) is 25.1 Å². The number of hydrogen-bond acceptors (Lipinski definition) is 3. The number of carboxylic acid groups (broad SMARTS) is 1. The van der Waals surface area contributed by atoms with Crippen molar-refractivity contribution in [3.8, 4) is 0 Å². The van der Waals surface area contributed by atoms with Gasteiger partial charge in [-0.2, -0.15) is 0 Å². The van der Waals surface area contributed by atoms with Gasteiger partial charge < -0.3 is 14.7 Å². The summed E-state index contributed by atoms with van der Waals surface area (Å²) in [6.45, 7) is 3.13. The summed E-state index contributed by atoms with van der Waals surface area (Å²) in [5.41, 5.74) is 2.80. The Bertz CT molecular complexity index is 498. The second-order valence-electron chi connectivity index (χ2n) is 4.61. The summed E-state index contributed by atoms with van der Waals surface area (Å²) in [5.74, 6) is -0.866. The van der Waals surface area contributed by atoms with Crippen LogP contribution in [0.2, 0.25) is 0 Å². The van der Waals surface area contributed by atoms with Crippen LogP contribution in [0.3, 0.4) is 0 Å². The van der Waals surface area contributed by atoms with E-state index in [1.165, 1.54) is 0 Å². The van der Waals surface area contributed by atoms with E-state index < -0.39 is 5.97 Å². The molecule has 19 heavy (non-hydrogen) atoms. The van der Waals surface area contributed by atoms with Gasteiger partial charge in [0, 0.05) is 18.7 Å². The Morgan fingerprint density at radius 3 is 2.95 bits per heavy atom. The second kappa shape index (κ2) is 5.84. The van der Waals surface area contributed by atoms with Crippen LogP contribution in [0.25, 0.3) is 0 Å². The molecule has 1 N–H and O–H groups in total. The van der Waals surface area contributed by atoms with Crippen molar-refractivity contribution in [2.45, 2.75) is 19.8 Å². The van der Waals surface area contributed by atoms with Crippen molar-refractivity contribution < 1.29 is 19.4 Å². The standard InChI is InChI=1S/C14H17NO4/c1-10-2-3-11(4-5-14(17)18)8-12(10)15-6-7-19-9-13(15)16/h2-3,8H,4-7,9H2,1H3,(H,17,18). The van der Waals surface area contributed by atoms with E-state index in [-0.39, 0.29) is 18.9 Å². The summed E-state index contributed by atoms with van der Waals surface area (Å²) >= 11 is 0. The van der Waals surface area contributed by atoms with Crippen LogP contribution < -0.4 is 4.90 Å². The van der Waals surface area contributed by atoms with Gasteiger partial charge in [0.1, 0.15) is 6.61 Å². The SMILES string of the molecule is Cc1ccc(CCC(=O)O)cc1N1CCOCC1=O. The van der Waals surface area contributed by atoms with Gasteiger partial charge in [-0.15, -0.1) is 0 Å². The number of amides is 1. The first-order valence-electron chi connectivity index (χ1n) is 6.27. The fourth-order valence-electron chi connectivity index (χ4n) is 2.13. The highest BCUT2D eigenvalue weighted by molar-refractivity contribution is 5.95. The van der Waals surface area contributed by atoms with Gasteiger partial charge in [0.2, 0.25) is 0 Å². The Hall–Kier alpha value is -1.88. The highest BCUT2D eigenvalue weighted by Crippen LogP contribution is 2.23. The van der Waals surface area contributed by atoms with Crippen molar-refractivity contribution in [2.75, 3.05) is 24.7 Å². The van der Waals surface area contributed by atoms with Crippen molar-refractivity contribution >= 4 is 17.6 Å². The molecule has 1 aromatic carbocycles. The van der Waals surface area contributed by atoms with Crippen LogP contribution in [-0.4, -0.2) is 36.7 Å². The Morgan fingerprint density at radius 1 is 1.47 bits per heavy atom. The molecule has 0 spiro atoms. The molecular formula is C14H17NO4. The third-order valence-corrected chi connectivity index (χ3v) is 3.18. The van der Waals surface area contributed by atoms with Crippen molar-refractivity contribution in [3.05, 3.63) is 29.3 Å². The minimum atomic E-state index is -0.815. The lowest BCUT2D eigenvalue weighted by molar-refractivity contribution is -0.137. The molecule has 1 amide bonds. The fourth-order valence-corrected chi connectivity index (χ4v) is 2.13. The van der Waals surface area contributed by atoms with E-state index in [0.29, 0.717) is 19.6 Å². The average Bonchev–Trinajstić information content (AvgIpc) is 2.38. The molecule has 0 aliphatic carbocycles. The van der Waals surface area contributed by atoms with Crippen molar-refractivity contribution in [1.29, 1.82) is 0 Å². The monoisotopic (exact) mass is 263 g/mol. The lowest BCUT2D eigenvalue weighted by atomic mass is 10.0. The number of ether oxygens (including phenoxy) is 1. The zero-order valence-corrected chi connectivity index (χ0v) is 10.9. The Balaban J connectivity index is 2.21. The summed E-state index contributed by atoms with van der Waals surface area (Å²) < 4.78 is 5.11. The molecular weight excluding hydrogens is 246 g/mol. The molecule has 0 unspecified atom stereocenters. The molecule has 1 aliphatic heterocycles. The minimum absolute atomic E-state index is 0.0512. The van der Waals surface area contributed by atoms with Crippen molar-refractivity contribution in [3.63, 3.8) is 0 Å². The van der Waals surface area contributed by atoms with Gasteiger partial charge in [-0.1, -0.05) is 12.1 Å². The van der Waals surface area contributed by atoms with Crippen LogP contribution in [-0.2, 0) is 20.7 Å². The molecule has 1 aliphatic rings. The number of hydrogen-bond donors (Lipinski definition) is 1. The second-order valence-corrected chi connectivity index (χ2v) is 4.61. The van der Waals surface area contributed by atoms with Crippen LogP contribution >= 0.6 is 0 Å². The minimum Gasteiger partial charge on any atom is -0.481 e. The zero-order valence-electron chi connectivity index (χ0n) is 10.9.